The van der Waals surface area contributed by atoms with Gasteiger partial charge in [0.25, 0.3) is 0 Å². The SMILES string of the molecule is CCS(=O)(=O)c1cc(C(=O)O)ccc1NCCCCCCCC(F)(F)F. The summed E-state index contributed by atoms with van der Waals surface area (Å²) in [6, 6.07) is 3.90. The van der Waals surface area contributed by atoms with E-state index in [0.29, 0.717) is 31.5 Å². The standard InChI is InChI=1S/C17H24F3NO4S/c1-2-26(24,25)15-12-13(16(22)23)8-9-14(15)21-11-7-5-3-4-6-10-17(18,19)20/h8-9,12,21H,2-7,10-11H2,1H3,(H,22,23). The van der Waals surface area contributed by atoms with E-state index in [1.165, 1.54) is 19.1 Å². The molecule has 0 aliphatic heterocycles. The minimum absolute atomic E-state index is 0.0509. The van der Waals surface area contributed by atoms with Crippen LogP contribution in [0.4, 0.5) is 18.9 Å². The van der Waals surface area contributed by atoms with Crippen LogP contribution in [0.25, 0.3) is 0 Å². The van der Waals surface area contributed by atoms with E-state index in [2.05, 4.69) is 5.32 Å². The van der Waals surface area contributed by atoms with E-state index >= 15 is 0 Å². The summed E-state index contributed by atoms with van der Waals surface area (Å²) in [6.45, 7) is 1.94. The van der Waals surface area contributed by atoms with E-state index < -0.39 is 28.4 Å². The Morgan fingerprint density at radius 3 is 2.31 bits per heavy atom. The Kier molecular flexibility index (Phi) is 8.39. The summed E-state index contributed by atoms with van der Waals surface area (Å²) in [5, 5.41) is 12.0. The first-order valence-electron chi connectivity index (χ1n) is 8.47. The van der Waals surface area contributed by atoms with Crippen molar-refractivity contribution in [3.05, 3.63) is 23.8 Å². The van der Waals surface area contributed by atoms with Crippen LogP contribution in [0.15, 0.2) is 23.1 Å². The molecule has 0 aliphatic carbocycles. The predicted molar refractivity (Wildman–Crippen MR) is 93.4 cm³/mol. The number of hydrogen-bond acceptors (Lipinski definition) is 4. The average molecular weight is 395 g/mol. The highest BCUT2D eigenvalue weighted by molar-refractivity contribution is 7.91. The fourth-order valence-electron chi connectivity index (χ4n) is 2.42. The van der Waals surface area contributed by atoms with E-state index in [-0.39, 0.29) is 22.6 Å². The van der Waals surface area contributed by atoms with Crippen LogP contribution >= 0.6 is 0 Å². The van der Waals surface area contributed by atoms with Crippen molar-refractivity contribution in [3.63, 3.8) is 0 Å². The van der Waals surface area contributed by atoms with Crippen LogP contribution in [0.5, 0.6) is 0 Å². The van der Waals surface area contributed by atoms with E-state index in [9.17, 15) is 26.4 Å². The van der Waals surface area contributed by atoms with Crippen molar-refractivity contribution < 1.29 is 31.5 Å². The Labute approximate surface area is 151 Å². The number of anilines is 1. The third kappa shape index (κ3) is 7.63. The number of carboxylic acids is 1. The maximum Gasteiger partial charge on any atom is 0.389 e. The predicted octanol–water partition coefficient (Wildman–Crippen LogP) is 4.49. The number of benzene rings is 1. The van der Waals surface area contributed by atoms with E-state index in [4.69, 9.17) is 5.11 Å². The van der Waals surface area contributed by atoms with Crippen LogP contribution in [-0.2, 0) is 9.84 Å². The fourth-order valence-corrected chi connectivity index (χ4v) is 3.51. The van der Waals surface area contributed by atoms with E-state index in [1.807, 2.05) is 0 Å². The van der Waals surface area contributed by atoms with Gasteiger partial charge in [0.1, 0.15) is 0 Å². The molecule has 1 rings (SSSR count). The number of alkyl halides is 3. The van der Waals surface area contributed by atoms with Crippen LogP contribution in [0.2, 0.25) is 0 Å². The summed E-state index contributed by atoms with van der Waals surface area (Å²) >= 11 is 0. The highest BCUT2D eigenvalue weighted by Crippen LogP contribution is 2.25. The van der Waals surface area contributed by atoms with Gasteiger partial charge in [-0.3, -0.25) is 0 Å². The number of carboxylic acid groups (broad SMARTS) is 1. The molecule has 0 saturated heterocycles. The number of halogens is 3. The second kappa shape index (κ2) is 9.80. The van der Waals surface area contributed by atoms with Crippen LogP contribution in [0.3, 0.4) is 0 Å². The molecule has 9 heteroatoms. The Hall–Kier alpha value is -1.77. The molecule has 0 aromatic heterocycles. The lowest BCUT2D eigenvalue weighted by molar-refractivity contribution is -0.135. The van der Waals surface area contributed by atoms with Gasteiger partial charge in [-0.25, -0.2) is 13.2 Å². The molecule has 0 amide bonds. The van der Waals surface area contributed by atoms with Gasteiger partial charge in [-0.15, -0.1) is 0 Å². The molecule has 0 radical (unpaired) electrons. The van der Waals surface area contributed by atoms with Crippen molar-refractivity contribution in [2.75, 3.05) is 17.6 Å². The molecule has 0 fully saturated rings. The molecule has 1 aromatic carbocycles. The third-order valence-electron chi connectivity index (χ3n) is 3.90. The Morgan fingerprint density at radius 2 is 1.73 bits per heavy atom. The molecule has 0 spiro atoms. The largest absolute Gasteiger partial charge is 0.478 e. The van der Waals surface area contributed by atoms with Gasteiger partial charge in [0.2, 0.25) is 0 Å². The van der Waals surface area contributed by atoms with Gasteiger partial charge in [0.05, 0.1) is 21.9 Å². The first-order valence-corrected chi connectivity index (χ1v) is 10.1. The maximum absolute atomic E-state index is 12.2. The first kappa shape index (κ1) is 22.3. The minimum atomic E-state index is -4.11. The number of unbranched alkanes of at least 4 members (excludes halogenated alkanes) is 4. The molecule has 0 aliphatic rings. The Morgan fingerprint density at radius 1 is 1.12 bits per heavy atom. The topological polar surface area (TPSA) is 83.5 Å². The smallest absolute Gasteiger partial charge is 0.389 e. The van der Waals surface area contributed by atoms with Crippen molar-refractivity contribution in [2.45, 2.75) is 56.5 Å². The molecule has 148 valence electrons. The van der Waals surface area contributed by atoms with Crippen LogP contribution in [0.1, 0.15) is 55.8 Å². The zero-order valence-electron chi connectivity index (χ0n) is 14.6. The number of nitrogens with one attached hydrogen (secondary N) is 1. The molecule has 1 aromatic rings. The number of aromatic carboxylic acids is 1. The molecule has 0 heterocycles. The molecule has 2 N–H and O–H groups in total. The second-order valence-electron chi connectivity index (χ2n) is 5.98. The second-order valence-corrected chi connectivity index (χ2v) is 8.23. The lowest BCUT2D eigenvalue weighted by atomic mass is 10.1. The number of rotatable bonds is 11. The van der Waals surface area contributed by atoms with Crippen LogP contribution < -0.4 is 5.32 Å². The summed E-state index contributed by atoms with van der Waals surface area (Å²) in [6.07, 6.45) is -2.17. The van der Waals surface area contributed by atoms with Gasteiger partial charge >= 0.3 is 12.1 Å². The molecule has 0 atom stereocenters. The number of carbonyl (C=O) groups is 1. The number of sulfone groups is 1. The number of hydrogen-bond donors (Lipinski definition) is 2. The van der Waals surface area contributed by atoms with Crippen molar-refractivity contribution in [1.82, 2.24) is 0 Å². The van der Waals surface area contributed by atoms with Gasteiger partial charge in [0, 0.05) is 13.0 Å². The molecule has 26 heavy (non-hydrogen) atoms. The molecular formula is C17H24F3NO4S. The molecule has 5 nitrogen and oxygen atoms in total. The van der Waals surface area contributed by atoms with Crippen molar-refractivity contribution >= 4 is 21.5 Å². The van der Waals surface area contributed by atoms with Crippen molar-refractivity contribution in [1.29, 1.82) is 0 Å². The van der Waals surface area contributed by atoms with Gasteiger partial charge in [-0.1, -0.05) is 26.2 Å². The highest BCUT2D eigenvalue weighted by atomic mass is 32.2. The zero-order chi connectivity index (χ0) is 19.8. The quantitative estimate of drug-likeness (QED) is 0.539. The Balaban J connectivity index is 2.53. The first-order chi connectivity index (χ1) is 12.1. The van der Waals surface area contributed by atoms with Crippen LogP contribution in [0, 0.1) is 0 Å². The normalized spacial score (nSPS) is 12.2. The molecular weight excluding hydrogens is 371 g/mol. The summed E-state index contributed by atoms with van der Waals surface area (Å²) in [5.74, 6) is -1.35. The third-order valence-corrected chi connectivity index (χ3v) is 5.66. The summed E-state index contributed by atoms with van der Waals surface area (Å²) in [5.41, 5.74) is 0.237. The van der Waals surface area contributed by atoms with E-state index in [0.717, 1.165) is 12.5 Å². The summed E-state index contributed by atoms with van der Waals surface area (Å²) in [4.78, 5) is 11.0. The van der Waals surface area contributed by atoms with Gasteiger partial charge in [-0.2, -0.15) is 13.2 Å². The van der Waals surface area contributed by atoms with Crippen molar-refractivity contribution in [2.24, 2.45) is 0 Å². The fraction of sp³-hybridized carbons (Fsp3) is 0.588. The monoisotopic (exact) mass is 395 g/mol. The Bertz CT molecular complexity index is 702. The lowest BCUT2D eigenvalue weighted by Crippen LogP contribution is -2.12. The van der Waals surface area contributed by atoms with Gasteiger partial charge < -0.3 is 10.4 Å². The van der Waals surface area contributed by atoms with Crippen molar-refractivity contribution in [3.8, 4) is 0 Å². The highest BCUT2D eigenvalue weighted by Gasteiger charge is 2.25. The van der Waals surface area contributed by atoms with E-state index in [1.54, 1.807) is 0 Å². The van der Waals surface area contributed by atoms with Gasteiger partial charge in [0.15, 0.2) is 9.84 Å². The zero-order valence-corrected chi connectivity index (χ0v) is 15.4. The molecule has 0 bridgehead atoms. The van der Waals surface area contributed by atoms with Gasteiger partial charge in [-0.05, 0) is 31.0 Å². The minimum Gasteiger partial charge on any atom is -0.478 e. The molecule has 0 unspecified atom stereocenters. The van der Waals surface area contributed by atoms with Crippen LogP contribution in [-0.4, -0.2) is 38.0 Å². The summed E-state index contributed by atoms with van der Waals surface area (Å²) in [7, 11) is -3.59. The maximum atomic E-state index is 12.2. The molecule has 0 saturated carbocycles. The summed E-state index contributed by atoms with van der Waals surface area (Å²) < 4.78 is 60.4. The average Bonchev–Trinajstić information content (AvgIpc) is 2.56. The lowest BCUT2D eigenvalue weighted by Gasteiger charge is -2.13.